The molecular formula is C11H24N2O. The van der Waals surface area contributed by atoms with Crippen LogP contribution in [-0.2, 0) is 4.74 Å². The topological polar surface area (TPSA) is 38.5 Å². The zero-order valence-electron chi connectivity index (χ0n) is 9.54. The Morgan fingerprint density at radius 2 is 2.07 bits per heavy atom. The van der Waals surface area contributed by atoms with Gasteiger partial charge in [-0.15, -0.1) is 0 Å². The maximum Gasteiger partial charge on any atom is 0.0480 e. The van der Waals surface area contributed by atoms with Gasteiger partial charge in [-0.25, -0.2) is 0 Å². The molecule has 1 fully saturated rings. The van der Waals surface area contributed by atoms with Crippen LogP contribution in [0.15, 0.2) is 0 Å². The van der Waals surface area contributed by atoms with Crippen molar-refractivity contribution in [2.45, 2.75) is 44.7 Å². The van der Waals surface area contributed by atoms with E-state index in [0.29, 0.717) is 12.1 Å². The lowest BCUT2D eigenvalue weighted by molar-refractivity contribution is 0.0411. The molecule has 14 heavy (non-hydrogen) atoms. The summed E-state index contributed by atoms with van der Waals surface area (Å²) in [4.78, 5) is 2.41. The van der Waals surface area contributed by atoms with Gasteiger partial charge in [-0.2, -0.15) is 0 Å². The predicted octanol–water partition coefficient (Wildman–Crippen LogP) is 1.22. The Labute approximate surface area is 87.6 Å². The first-order chi connectivity index (χ1) is 6.74. The van der Waals surface area contributed by atoms with Gasteiger partial charge < -0.3 is 15.4 Å². The standard InChI is InChI=1S/C11H24N2O/c1-3-4-10(12)9-13(2)11-5-7-14-8-6-11/h10-11H,3-9,12H2,1-2H3. The second-order valence-electron chi connectivity index (χ2n) is 4.33. The molecule has 84 valence electrons. The largest absolute Gasteiger partial charge is 0.381 e. The number of hydrogen-bond acceptors (Lipinski definition) is 3. The van der Waals surface area contributed by atoms with Crippen LogP contribution in [0.3, 0.4) is 0 Å². The molecule has 0 saturated carbocycles. The van der Waals surface area contributed by atoms with E-state index in [2.05, 4.69) is 18.9 Å². The molecular weight excluding hydrogens is 176 g/mol. The van der Waals surface area contributed by atoms with Crippen molar-refractivity contribution in [2.24, 2.45) is 5.73 Å². The molecule has 0 radical (unpaired) electrons. The summed E-state index contributed by atoms with van der Waals surface area (Å²) in [5.41, 5.74) is 6.02. The lowest BCUT2D eigenvalue weighted by Crippen LogP contribution is -2.43. The minimum Gasteiger partial charge on any atom is -0.381 e. The van der Waals surface area contributed by atoms with E-state index >= 15 is 0 Å². The molecule has 3 nitrogen and oxygen atoms in total. The van der Waals surface area contributed by atoms with Gasteiger partial charge in [-0.3, -0.25) is 0 Å². The minimum atomic E-state index is 0.341. The van der Waals surface area contributed by atoms with Gasteiger partial charge in [0, 0.05) is 31.8 Å². The first-order valence-corrected chi connectivity index (χ1v) is 5.77. The van der Waals surface area contributed by atoms with E-state index in [1.807, 2.05) is 0 Å². The molecule has 1 atom stereocenters. The highest BCUT2D eigenvalue weighted by molar-refractivity contribution is 4.75. The molecule has 1 heterocycles. The van der Waals surface area contributed by atoms with Gasteiger partial charge in [0.2, 0.25) is 0 Å². The molecule has 0 aliphatic carbocycles. The lowest BCUT2D eigenvalue weighted by Gasteiger charge is -2.32. The van der Waals surface area contributed by atoms with Crippen molar-refractivity contribution in [1.82, 2.24) is 4.90 Å². The van der Waals surface area contributed by atoms with Crippen LogP contribution in [0.1, 0.15) is 32.6 Å². The van der Waals surface area contributed by atoms with E-state index in [0.717, 1.165) is 39.0 Å². The van der Waals surface area contributed by atoms with Crippen LogP contribution in [0.25, 0.3) is 0 Å². The third-order valence-electron chi connectivity index (χ3n) is 3.00. The van der Waals surface area contributed by atoms with Crippen molar-refractivity contribution in [3.63, 3.8) is 0 Å². The van der Waals surface area contributed by atoms with Crippen LogP contribution < -0.4 is 5.73 Å². The summed E-state index contributed by atoms with van der Waals surface area (Å²) in [7, 11) is 2.19. The van der Waals surface area contributed by atoms with E-state index in [1.54, 1.807) is 0 Å². The van der Waals surface area contributed by atoms with Crippen LogP contribution in [0, 0.1) is 0 Å². The normalized spacial score (nSPS) is 21.4. The number of nitrogens with two attached hydrogens (primary N) is 1. The number of hydrogen-bond donors (Lipinski definition) is 1. The number of nitrogens with zero attached hydrogens (tertiary/aromatic N) is 1. The molecule has 0 aromatic carbocycles. The Morgan fingerprint density at radius 3 is 2.64 bits per heavy atom. The van der Waals surface area contributed by atoms with Crippen molar-refractivity contribution in [2.75, 3.05) is 26.8 Å². The zero-order valence-corrected chi connectivity index (χ0v) is 9.54. The van der Waals surface area contributed by atoms with Crippen LogP contribution >= 0.6 is 0 Å². The molecule has 0 bridgehead atoms. The van der Waals surface area contributed by atoms with Gasteiger partial charge in [-0.1, -0.05) is 13.3 Å². The van der Waals surface area contributed by atoms with E-state index in [4.69, 9.17) is 10.5 Å². The molecule has 1 unspecified atom stereocenters. The Morgan fingerprint density at radius 1 is 1.43 bits per heavy atom. The first kappa shape index (κ1) is 12.0. The third-order valence-corrected chi connectivity index (χ3v) is 3.00. The molecule has 0 amide bonds. The Hall–Kier alpha value is -0.120. The fourth-order valence-corrected chi connectivity index (χ4v) is 2.11. The molecule has 2 N–H and O–H groups in total. The van der Waals surface area contributed by atoms with Gasteiger partial charge in [0.25, 0.3) is 0 Å². The lowest BCUT2D eigenvalue weighted by atomic mass is 10.1. The Balaban J connectivity index is 2.21. The van der Waals surface area contributed by atoms with Gasteiger partial charge in [0.15, 0.2) is 0 Å². The SMILES string of the molecule is CCCC(N)CN(C)C1CCOCC1. The number of likely N-dealkylation sites (N-methyl/N-ethyl adjacent to an activating group) is 1. The van der Waals surface area contributed by atoms with Gasteiger partial charge >= 0.3 is 0 Å². The second-order valence-corrected chi connectivity index (χ2v) is 4.33. The maximum atomic E-state index is 6.02. The highest BCUT2D eigenvalue weighted by Gasteiger charge is 2.19. The summed E-state index contributed by atoms with van der Waals surface area (Å²) in [5, 5.41) is 0. The van der Waals surface area contributed by atoms with Crippen LogP contribution in [0.4, 0.5) is 0 Å². The summed E-state index contributed by atoms with van der Waals surface area (Å²) in [6.07, 6.45) is 4.64. The van der Waals surface area contributed by atoms with Crippen molar-refractivity contribution >= 4 is 0 Å². The molecule has 0 aromatic heterocycles. The third kappa shape index (κ3) is 3.95. The average Bonchev–Trinajstić information content (AvgIpc) is 2.19. The van der Waals surface area contributed by atoms with E-state index in [9.17, 15) is 0 Å². The zero-order chi connectivity index (χ0) is 10.4. The molecule has 1 aliphatic rings. The van der Waals surface area contributed by atoms with E-state index in [-0.39, 0.29) is 0 Å². The van der Waals surface area contributed by atoms with Crippen molar-refractivity contribution in [1.29, 1.82) is 0 Å². The smallest absolute Gasteiger partial charge is 0.0480 e. The van der Waals surface area contributed by atoms with E-state index in [1.165, 1.54) is 6.42 Å². The first-order valence-electron chi connectivity index (χ1n) is 5.77. The summed E-state index contributed by atoms with van der Waals surface area (Å²) < 4.78 is 5.34. The minimum absolute atomic E-state index is 0.341. The summed E-state index contributed by atoms with van der Waals surface area (Å²) >= 11 is 0. The highest BCUT2D eigenvalue weighted by atomic mass is 16.5. The molecule has 1 rings (SSSR count). The molecule has 0 spiro atoms. The van der Waals surface area contributed by atoms with Crippen LogP contribution in [-0.4, -0.2) is 43.8 Å². The number of rotatable bonds is 5. The van der Waals surface area contributed by atoms with Crippen molar-refractivity contribution in [3.05, 3.63) is 0 Å². The monoisotopic (exact) mass is 200 g/mol. The highest BCUT2D eigenvalue weighted by Crippen LogP contribution is 2.13. The predicted molar refractivity (Wildman–Crippen MR) is 59.4 cm³/mol. The fraction of sp³-hybridized carbons (Fsp3) is 1.00. The van der Waals surface area contributed by atoms with Gasteiger partial charge in [-0.05, 0) is 26.3 Å². The molecule has 1 aliphatic heterocycles. The van der Waals surface area contributed by atoms with Crippen molar-refractivity contribution in [3.8, 4) is 0 Å². The van der Waals surface area contributed by atoms with E-state index < -0.39 is 0 Å². The Bertz CT molecular complexity index is 146. The van der Waals surface area contributed by atoms with Crippen LogP contribution in [0.5, 0.6) is 0 Å². The van der Waals surface area contributed by atoms with Gasteiger partial charge in [0.05, 0.1) is 0 Å². The number of ether oxygens (including phenoxy) is 1. The Kier molecular flexibility index (Phi) is 5.45. The van der Waals surface area contributed by atoms with Gasteiger partial charge in [0.1, 0.15) is 0 Å². The molecule has 3 heteroatoms. The van der Waals surface area contributed by atoms with Crippen LogP contribution in [0.2, 0.25) is 0 Å². The van der Waals surface area contributed by atoms with Crippen molar-refractivity contribution < 1.29 is 4.74 Å². The average molecular weight is 200 g/mol. The molecule has 1 saturated heterocycles. The maximum absolute atomic E-state index is 6.02. The quantitative estimate of drug-likeness (QED) is 0.725. The molecule has 0 aromatic rings. The second kappa shape index (κ2) is 6.38. The fourth-order valence-electron chi connectivity index (χ4n) is 2.11. The summed E-state index contributed by atoms with van der Waals surface area (Å²) in [5.74, 6) is 0. The summed E-state index contributed by atoms with van der Waals surface area (Å²) in [6, 6.07) is 1.03. The summed E-state index contributed by atoms with van der Waals surface area (Å²) in [6.45, 7) is 5.04.